The van der Waals surface area contributed by atoms with E-state index < -0.39 is 0 Å². The van der Waals surface area contributed by atoms with Crippen LogP contribution in [0.3, 0.4) is 0 Å². The second kappa shape index (κ2) is 16.8. The quantitative estimate of drug-likeness (QED) is 0.469. The molecule has 0 unspecified atom stereocenters. The molecule has 1 radical (unpaired) electrons. The van der Waals surface area contributed by atoms with E-state index in [0.717, 1.165) is 0 Å². The number of aliphatic hydroxyl groups excluding tert-OH is 1. The van der Waals surface area contributed by atoms with Crippen molar-refractivity contribution in [1.29, 1.82) is 0 Å². The molecular formula is C5H14O5Tb. The van der Waals surface area contributed by atoms with Crippen molar-refractivity contribution in [1.82, 2.24) is 0 Å². The summed E-state index contributed by atoms with van der Waals surface area (Å²) in [5, 5.41) is 8.36. The minimum atomic E-state index is -0.125. The van der Waals surface area contributed by atoms with Crippen molar-refractivity contribution in [2.24, 2.45) is 0 Å². The van der Waals surface area contributed by atoms with Crippen LogP contribution in [-0.4, -0.2) is 27.3 Å². The number of carbonyl (C=O) groups excluding carboxylic acids is 1. The third-order valence-electron chi connectivity index (χ3n) is 0.412. The molecule has 0 bridgehead atoms. The summed E-state index contributed by atoms with van der Waals surface area (Å²) in [6.07, 6.45) is 1.17. The van der Waals surface area contributed by atoms with Gasteiger partial charge in [0.25, 0.3) is 0 Å². The standard InChI is InChI=1S/C5H8O2.3H2O.Tb/c1-4(6)3-5(2)7;;;;/h3,6H,1-2H3;3*1H2;/b4-3-;;;;. The van der Waals surface area contributed by atoms with E-state index in [-0.39, 0.29) is 66.6 Å². The molecule has 0 aliphatic carbocycles. The molecule has 0 aromatic rings. The van der Waals surface area contributed by atoms with Crippen molar-refractivity contribution < 1.29 is 64.9 Å². The topological polar surface area (TPSA) is 132 Å². The molecule has 73 valence electrons. The molecule has 0 fully saturated rings. The van der Waals surface area contributed by atoms with Crippen LogP contribution in [0.5, 0.6) is 0 Å². The summed E-state index contributed by atoms with van der Waals surface area (Å²) in [7, 11) is 0. The van der Waals surface area contributed by atoms with Gasteiger partial charge in [-0.15, -0.1) is 0 Å². The van der Waals surface area contributed by atoms with Crippen molar-refractivity contribution in [3.63, 3.8) is 0 Å². The smallest absolute Gasteiger partial charge is 0.155 e. The van der Waals surface area contributed by atoms with E-state index in [1.807, 2.05) is 0 Å². The molecule has 5 nitrogen and oxygen atoms in total. The Balaban J connectivity index is -0.0000000300. The van der Waals surface area contributed by atoms with Gasteiger partial charge < -0.3 is 21.5 Å². The maximum Gasteiger partial charge on any atom is 0.155 e. The van der Waals surface area contributed by atoms with Gasteiger partial charge in [0.05, 0.1) is 5.76 Å². The van der Waals surface area contributed by atoms with E-state index in [1.165, 1.54) is 19.9 Å². The zero-order valence-corrected chi connectivity index (χ0v) is 8.40. The minimum Gasteiger partial charge on any atom is -0.512 e. The van der Waals surface area contributed by atoms with Crippen molar-refractivity contribution in [3.05, 3.63) is 11.8 Å². The van der Waals surface area contributed by atoms with Gasteiger partial charge in [-0.2, -0.15) is 0 Å². The van der Waals surface area contributed by atoms with Gasteiger partial charge in [0.2, 0.25) is 0 Å². The first kappa shape index (κ1) is 30.1. The molecule has 0 heterocycles. The van der Waals surface area contributed by atoms with Crippen molar-refractivity contribution in [2.45, 2.75) is 13.8 Å². The molecule has 0 aliphatic heterocycles. The van der Waals surface area contributed by atoms with Crippen LogP contribution in [0.25, 0.3) is 0 Å². The molecule has 0 aliphatic rings. The van der Waals surface area contributed by atoms with Gasteiger partial charge in [-0.05, 0) is 13.8 Å². The van der Waals surface area contributed by atoms with Crippen LogP contribution < -0.4 is 0 Å². The maximum absolute atomic E-state index is 10.0. The summed E-state index contributed by atoms with van der Waals surface area (Å²) in [5.74, 6) is -0.0625. The van der Waals surface area contributed by atoms with Gasteiger partial charge in [-0.1, -0.05) is 0 Å². The van der Waals surface area contributed by atoms with Crippen molar-refractivity contribution in [2.75, 3.05) is 0 Å². The zero-order chi connectivity index (χ0) is 5.86. The fraction of sp³-hybridized carbons (Fsp3) is 0.400. The monoisotopic (exact) mass is 313 g/mol. The van der Waals surface area contributed by atoms with E-state index >= 15 is 0 Å². The van der Waals surface area contributed by atoms with E-state index in [1.54, 1.807) is 0 Å². The van der Waals surface area contributed by atoms with Crippen molar-refractivity contribution >= 4 is 5.78 Å². The van der Waals surface area contributed by atoms with E-state index in [4.69, 9.17) is 5.11 Å². The number of aliphatic hydroxyl groups is 1. The number of hydrogen-bond donors (Lipinski definition) is 1. The average Bonchev–Trinajstić information content (AvgIpc) is 1.27. The Hall–Kier alpha value is 0.376. The van der Waals surface area contributed by atoms with Gasteiger partial charge in [-0.3, -0.25) is 4.79 Å². The molecule has 0 atom stereocenters. The van der Waals surface area contributed by atoms with Gasteiger partial charge in [0.15, 0.2) is 5.78 Å². The van der Waals surface area contributed by atoms with Gasteiger partial charge in [0, 0.05) is 44.7 Å². The first-order valence-electron chi connectivity index (χ1n) is 2.01. The summed E-state index contributed by atoms with van der Waals surface area (Å²) in [6.45, 7) is 2.85. The summed E-state index contributed by atoms with van der Waals surface area (Å²) >= 11 is 0. The fourth-order valence-electron chi connectivity index (χ4n) is 0.294. The third-order valence-corrected chi connectivity index (χ3v) is 0.412. The molecule has 0 rings (SSSR count). The van der Waals surface area contributed by atoms with Crippen LogP contribution in [0.1, 0.15) is 13.8 Å². The predicted octanol–water partition coefficient (Wildman–Crippen LogP) is -1.44. The largest absolute Gasteiger partial charge is 0.512 e. The molecule has 0 saturated heterocycles. The molecule has 7 N–H and O–H groups in total. The summed E-state index contributed by atoms with van der Waals surface area (Å²) in [5.41, 5.74) is 0. The first-order chi connectivity index (χ1) is 3.13. The van der Waals surface area contributed by atoms with Crippen LogP contribution in [0.2, 0.25) is 0 Å². The Labute approximate surface area is 95.8 Å². The van der Waals surface area contributed by atoms with Crippen LogP contribution in [-0.2, 0) is 4.79 Å². The zero-order valence-electron chi connectivity index (χ0n) is 6.27. The minimum absolute atomic E-state index is 0. The number of ketones is 1. The molecule has 0 aromatic carbocycles. The molecular weight excluding hydrogens is 299 g/mol. The Morgan fingerprint density at radius 2 is 1.45 bits per heavy atom. The second-order valence-electron chi connectivity index (χ2n) is 1.40. The molecule has 6 heteroatoms. The predicted molar refractivity (Wildman–Crippen MR) is 37.9 cm³/mol. The second-order valence-corrected chi connectivity index (χ2v) is 1.40. The number of rotatable bonds is 1. The Morgan fingerprint density at radius 1 is 1.18 bits per heavy atom. The fourth-order valence-corrected chi connectivity index (χ4v) is 0.294. The molecule has 0 spiro atoms. The number of carbonyl (C=O) groups is 1. The first-order valence-corrected chi connectivity index (χ1v) is 2.01. The van der Waals surface area contributed by atoms with Crippen LogP contribution in [0.15, 0.2) is 11.8 Å². The van der Waals surface area contributed by atoms with Crippen LogP contribution in [0.4, 0.5) is 0 Å². The molecule has 0 saturated carbocycles. The van der Waals surface area contributed by atoms with Gasteiger partial charge in [-0.25, -0.2) is 0 Å². The number of hydrogen-bond acceptors (Lipinski definition) is 2. The number of allylic oxidation sites excluding steroid dienone is 2. The Bertz CT molecular complexity index is 107. The SMILES string of the molecule is CC(=O)/C=C(/C)O.O.O.O.[Tb]. The Kier molecular flexibility index (Phi) is 45.9. The normalized spacial score (nSPS) is 7.27. The maximum atomic E-state index is 10.0. The average molecular weight is 313 g/mol. The van der Waals surface area contributed by atoms with E-state index in [9.17, 15) is 4.79 Å². The summed E-state index contributed by atoms with van der Waals surface area (Å²) in [6, 6.07) is 0. The third kappa shape index (κ3) is 38.0. The van der Waals surface area contributed by atoms with Crippen LogP contribution in [0, 0.1) is 38.6 Å². The molecule has 11 heavy (non-hydrogen) atoms. The van der Waals surface area contributed by atoms with Crippen LogP contribution >= 0.6 is 0 Å². The summed E-state index contributed by atoms with van der Waals surface area (Å²) < 4.78 is 0. The van der Waals surface area contributed by atoms with Gasteiger partial charge in [0.1, 0.15) is 0 Å². The summed E-state index contributed by atoms with van der Waals surface area (Å²) in [4.78, 5) is 10.0. The molecule has 0 aromatic heterocycles. The van der Waals surface area contributed by atoms with E-state index in [2.05, 4.69) is 0 Å². The van der Waals surface area contributed by atoms with Crippen molar-refractivity contribution in [3.8, 4) is 0 Å². The van der Waals surface area contributed by atoms with E-state index in [0.29, 0.717) is 0 Å². The molecule has 0 amide bonds. The van der Waals surface area contributed by atoms with Gasteiger partial charge >= 0.3 is 0 Å². The Morgan fingerprint density at radius 3 is 1.45 bits per heavy atom.